The van der Waals surface area contributed by atoms with Crippen LogP contribution in [0.3, 0.4) is 0 Å². The van der Waals surface area contributed by atoms with Crippen LogP contribution in [0.25, 0.3) is 11.6 Å². The van der Waals surface area contributed by atoms with Crippen LogP contribution >= 0.6 is 0 Å². The third-order valence-corrected chi connectivity index (χ3v) is 3.16. The van der Waals surface area contributed by atoms with E-state index in [-0.39, 0.29) is 18.9 Å². The summed E-state index contributed by atoms with van der Waals surface area (Å²) >= 11 is 0. The third-order valence-electron chi connectivity index (χ3n) is 3.16. The lowest BCUT2D eigenvalue weighted by atomic mass is 10.1. The molecule has 1 N–H and O–H groups in total. The minimum Gasteiger partial charge on any atom is -0.481 e. The Balaban J connectivity index is 1.85. The molecule has 0 aliphatic heterocycles. The first-order valence-corrected chi connectivity index (χ1v) is 6.80. The van der Waals surface area contributed by atoms with Gasteiger partial charge in [0.25, 0.3) is 0 Å². The Bertz CT molecular complexity index is 635. The van der Waals surface area contributed by atoms with E-state index < -0.39 is 11.9 Å². The van der Waals surface area contributed by atoms with E-state index in [0.717, 1.165) is 0 Å². The van der Waals surface area contributed by atoms with E-state index in [0.29, 0.717) is 23.9 Å². The Morgan fingerprint density at radius 3 is 2.86 bits per heavy atom. The Morgan fingerprint density at radius 1 is 1.45 bits per heavy atom. The molecule has 0 fully saturated rings. The van der Waals surface area contributed by atoms with Crippen molar-refractivity contribution in [1.29, 1.82) is 0 Å². The van der Waals surface area contributed by atoms with Crippen LogP contribution in [0.1, 0.15) is 19.2 Å². The number of rotatable bonds is 7. The molecule has 118 valence electrons. The predicted octanol–water partition coefficient (Wildman–Crippen LogP) is 1.44. The van der Waals surface area contributed by atoms with Gasteiger partial charge in [0.2, 0.25) is 17.6 Å². The van der Waals surface area contributed by atoms with Crippen molar-refractivity contribution in [3.63, 3.8) is 0 Å². The van der Waals surface area contributed by atoms with Crippen molar-refractivity contribution in [2.45, 2.75) is 19.8 Å². The molecule has 0 radical (unpaired) electrons. The molecule has 2 rings (SSSR count). The highest BCUT2D eigenvalue weighted by molar-refractivity contribution is 5.77. The van der Waals surface area contributed by atoms with Gasteiger partial charge in [-0.1, -0.05) is 12.1 Å². The summed E-state index contributed by atoms with van der Waals surface area (Å²) in [5.41, 5.74) is 0. The number of carboxylic acids is 1. The van der Waals surface area contributed by atoms with Crippen molar-refractivity contribution in [2.75, 3.05) is 13.6 Å². The molecule has 2 heterocycles. The smallest absolute Gasteiger partial charge is 0.308 e. The van der Waals surface area contributed by atoms with Gasteiger partial charge in [0, 0.05) is 26.4 Å². The van der Waals surface area contributed by atoms with Crippen molar-refractivity contribution in [3.05, 3.63) is 24.3 Å². The Kier molecular flexibility index (Phi) is 4.92. The van der Waals surface area contributed by atoms with E-state index in [1.54, 1.807) is 26.1 Å². The molecule has 1 amide bonds. The summed E-state index contributed by atoms with van der Waals surface area (Å²) in [5.74, 6) is -0.554. The van der Waals surface area contributed by atoms with Crippen molar-refractivity contribution in [2.24, 2.45) is 5.92 Å². The van der Waals surface area contributed by atoms with Gasteiger partial charge in [0.1, 0.15) is 0 Å². The number of hydrogen-bond acceptors (Lipinski definition) is 6. The van der Waals surface area contributed by atoms with Crippen LogP contribution < -0.4 is 0 Å². The number of carbonyl (C=O) groups is 2. The van der Waals surface area contributed by atoms with Gasteiger partial charge < -0.3 is 18.9 Å². The first kappa shape index (κ1) is 15.7. The summed E-state index contributed by atoms with van der Waals surface area (Å²) < 4.78 is 10.2. The van der Waals surface area contributed by atoms with E-state index in [1.807, 2.05) is 0 Å². The number of amides is 1. The molecule has 1 unspecified atom stereocenters. The highest BCUT2D eigenvalue weighted by atomic mass is 16.5. The zero-order chi connectivity index (χ0) is 16.1. The lowest BCUT2D eigenvalue weighted by Crippen LogP contribution is -2.33. The second-order valence-electron chi connectivity index (χ2n) is 5.00. The van der Waals surface area contributed by atoms with Gasteiger partial charge in [-0.05, 0) is 12.1 Å². The van der Waals surface area contributed by atoms with Gasteiger partial charge >= 0.3 is 5.97 Å². The third kappa shape index (κ3) is 3.94. The van der Waals surface area contributed by atoms with Gasteiger partial charge in [0.05, 0.1) is 12.2 Å². The maximum atomic E-state index is 11.9. The normalized spacial score (nSPS) is 12.1. The topological polar surface area (TPSA) is 110 Å². The van der Waals surface area contributed by atoms with Crippen LogP contribution in [0.5, 0.6) is 0 Å². The number of carbonyl (C=O) groups excluding carboxylic acids is 1. The Labute approximate surface area is 126 Å². The molecular formula is C14H17N3O5. The molecule has 0 aromatic carbocycles. The second kappa shape index (κ2) is 6.88. The van der Waals surface area contributed by atoms with Gasteiger partial charge in [0.15, 0.2) is 5.76 Å². The largest absolute Gasteiger partial charge is 0.481 e. The van der Waals surface area contributed by atoms with E-state index in [2.05, 4.69) is 10.1 Å². The molecular weight excluding hydrogens is 290 g/mol. The summed E-state index contributed by atoms with van der Waals surface area (Å²) in [7, 11) is 1.57. The quantitative estimate of drug-likeness (QED) is 0.824. The summed E-state index contributed by atoms with van der Waals surface area (Å²) in [6, 6.07) is 3.42. The van der Waals surface area contributed by atoms with Gasteiger partial charge in [-0.3, -0.25) is 9.59 Å². The number of hydrogen-bond donors (Lipinski definition) is 1. The van der Waals surface area contributed by atoms with Gasteiger partial charge in [-0.2, -0.15) is 4.98 Å². The van der Waals surface area contributed by atoms with Crippen molar-refractivity contribution in [3.8, 4) is 11.6 Å². The minimum atomic E-state index is -0.931. The van der Waals surface area contributed by atoms with Crippen LogP contribution in [0, 0.1) is 5.92 Å². The SMILES string of the molecule is CC(CN(C)C(=O)CCc1nc(-c2ccco2)no1)C(=O)O. The molecule has 0 aliphatic rings. The first-order valence-electron chi connectivity index (χ1n) is 6.80. The first-order chi connectivity index (χ1) is 10.5. The molecule has 1 atom stereocenters. The molecule has 0 bridgehead atoms. The van der Waals surface area contributed by atoms with Crippen LogP contribution in [0.2, 0.25) is 0 Å². The van der Waals surface area contributed by atoms with Crippen LogP contribution in [-0.4, -0.2) is 45.6 Å². The summed E-state index contributed by atoms with van der Waals surface area (Å²) in [4.78, 5) is 28.2. The fraction of sp³-hybridized carbons (Fsp3) is 0.429. The van der Waals surface area contributed by atoms with Crippen LogP contribution in [0.4, 0.5) is 0 Å². The number of aryl methyl sites for hydroxylation is 1. The fourth-order valence-corrected chi connectivity index (χ4v) is 1.86. The lowest BCUT2D eigenvalue weighted by Gasteiger charge is -2.18. The minimum absolute atomic E-state index is 0.162. The Morgan fingerprint density at radius 2 is 2.23 bits per heavy atom. The van der Waals surface area contributed by atoms with Crippen molar-refractivity contribution >= 4 is 11.9 Å². The average molecular weight is 307 g/mol. The molecule has 2 aromatic heterocycles. The van der Waals surface area contributed by atoms with Crippen molar-refractivity contribution in [1.82, 2.24) is 15.0 Å². The van der Waals surface area contributed by atoms with Gasteiger partial charge in [-0.25, -0.2) is 0 Å². The molecule has 22 heavy (non-hydrogen) atoms. The van der Waals surface area contributed by atoms with Crippen LogP contribution in [0.15, 0.2) is 27.3 Å². The average Bonchev–Trinajstić information content (AvgIpc) is 3.15. The van der Waals surface area contributed by atoms with Crippen LogP contribution in [-0.2, 0) is 16.0 Å². The molecule has 8 nitrogen and oxygen atoms in total. The molecule has 2 aromatic rings. The summed E-state index contributed by atoms with van der Waals surface area (Å²) in [6.07, 6.45) is 1.97. The number of furan rings is 1. The number of aliphatic carboxylic acids is 1. The molecule has 0 spiro atoms. The van der Waals surface area contributed by atoms with Gasteiger partial charge in [-0.15, -0.1) is 0 Å². The highest BCUT2D eigenvalue weighted by Crippen LogP contribution is 2.16. The fourth-order valence-electron chi connectivity index (χ4n) is 1.86. The zero-order valence-corrected chi connectivity index (χ0v) is 12.4. The monoisotopic (exact) mass is 307 g/mol. The number of aromatic nitrogens is 2. The predicted molar refractivity (Wildman–Crippen MR) is 74.8 cm³/mol. The summed E-state index contributed by atoms with van der Waals surface area (Å²) in [6.45, 7) is 1.72. The van der Waals surface area contributed by atoms with E-state index >= 15 is 0 Å². The molecule has 0 saturated carbocycles. The number of nitrogens with zero attached hydrogens (tertiary/aromatic N) is 3. The molecule has 8 heteroatoms. The van der Waals surface area contributed by atoms with E-state index in [9.17, 15) is 9.59 Å². The lowest BCUT2D eigenvalue weighted by molar-refractivity contribution is -0.142. The second-order valence-corrected chi connectivity index (χ2v) is 5.00. The number of carboxylic acid groups (broad SMARTS) is 1. The van der Waals surface area contributed by atoms with Crippen molar-refractivity contribution < 1.29 is 23.6 Å². The van der Waals surface area contributed by atoms with E-state index in [1.165, 1.54) is 11.2 Å². The Hall–Kier alpha value is -2.64. The molecule has 0 aliphatic carbocycles. The standard InChI is InChI=1S/C14H17N3O5/c1-9(14(19)20)8-17(2)12(18)6-5-11-15-13(16-22-11)10-4-3-7-21-10/h3-4,7,9H,5-6,8H2,1-2H3,(H,19,20). The zero-order valence-electron chi connectivity index (χ0n) is 12.4. The maximum absolute atomic E-state index is 11.9. The summed E-state index contributed by atoms with van der Waals surface area (Å²) in [5, 5.41) is 12.6. The molecule has 0 saturated heterocycles. The maximum Gasteiger partial charge on any atom is 0.308 e. The van der Waals surface area contributed by atoms with E-state index in [4.69, 9.17) is 14.0 Å². The highest BCUT2D eigenvalue weighted by Gasteiger charge is 2.18.